The van der Waals surface area contributed by atoms with Gasteiger partial charge in [0.2, 0.25) is 0 Å². The van der Waals surface area contributed by atoms with Crippen LogP contribution in [0.1, 0.15) is 26.0 Å². The summed E-state index contributed by atoms with van der Waals surface area (Å²) in [5.41, 5.74) is -0.354. The number of aliphatic carboxylic acids is 1. The maximum Gasteiger partial charge on any atom is 0.315 e. The van der Waals surface area contributed by atoms with Crippen LogP contribution in [0.15, 0.2) is 16.9 Å². The minimum Gasteiger partial charge on any atom is -0.481 e. The van der Waals surface area contributed by atoms with Gasteiger partial charge in [-0.2, -0.15) is 0 Å². The van der Waals surface area contributed by atoms with Crippen LogP contribution in [0.5, 0.6) is 0 Å². The third-order valence-electron chi connectivity index (χ3n) is 2.86. The van der Waals surface area contributed by atoms with Crippen LogP contribution in [0.3, 0.4) is 0 Å². The summed E-state index contributed by atoms with van der Waals surface area (Å²) in [7, 11) is 0. The number of hydrogen-bond donors (Lipinski definition) is 3. The molecule has 0 saturated carbocycles. The Hall–Kier alpha value is -2.05. The van der Waals surface area contributed by atoms with E-state index >= 15 is 0 Å². The second-order valence-electron chi connectivity index (χ2n) is 4.25. The zero-order valence-electron chi connectivity index (χ0n) is 10.4. The van der Waals surface area contributed by atoms with Crippen molar-refractivity contribution in [2.24, 2.45) is 5.41 Å². The van der Waals surface area contributed by atoms with Crippen molar-refractivity contribution in [1.29, 1.82) is 0 Å². The van der Waals surface area contributed by atoms with Gasteiger partial charge in [0.15, 0.2) is 0 Å². The summed E-state index contributed by atoms with van der Waals surface area (Å²) in [5, 5.41) is 17.7. The standard InChI is InChI=1S/C11H17N3O4/c1-3-11(2,9(15)16)7-13-10(17)12-6-8-4-5-18-14-8/h4-5H,3,6-7H2,1-2H3,(H,15,16)(H2,12,13,17). The van der Waals surface area contributed by atoms with E-state index in [0.29, 0.717) is 12.1 Å². The highest BCUT2D eigenvalue weighted by atomic mass is 16.5. The maximum atomic E-state index is 11.4. The van der Waals surface area contributed by atoms with Gasteiger partial charge < -0.3 is 20.3 Å². The van der Waals surface area contributed by atoms with Gasteiger partial charge in [0.25, 0.3) is 0 Å². The number of carboxylic acids is 1. The van der Waals surface area contributed by atoms with E-state index in [-0.39, 0.29) is 13.1 Å². The largest absolute Gasteiger partial charge is 0.481 e. The average Bonchev–Trinajstić information content (AvgIpc) is 2.86. The lowest BCUT2D eigenvalue weighted by Gasteiger charge is -2.23. The van der Waals surface area contributed by atoms with Crippen LogP contribution in [0.2, 0.25) is 0 Å². The van der Waals surface area contributed by atoms with E-state index in [4.69, 9.17) is 5.11 Å². The summed E-state index contributed by atoms with van der Waals surface area (Å²) in [5.74, 6) is -0.929. The van der Waals surface area contributed by atoms with Gasteiger partial charge in [-0.15, -0.1) is 0 Å². The molecule has 1 rings (SSSR count). The Bertz CT molecular complexity index is 404. The van der Waals surface area contributed by atoms with Crippen LogP contribution in [-0.4, -0.2) is 28.8 Å². The third-order valence-corrected chi connectivity index (χ3v) is 2.86. The maximum absolute atomic E-state index is 11.4. The first-order valence-electron chi connectivity index (χ1n) is 5.62. The van der Waals surface area contributed by atoms with Crippen LogP contribution < -0.4 is 10.6 Å². The Morgan fingerprint density at radius 3 is 2.72 bits per heavy atom. The lowest BCUT2D eigenvalue weighted by atomic mass is 9.88. The number of carbonyl (C=O) groups is 2. The van der Waals surface area contributed by atoms with Crippen molar-refractivity contribution < 1.29 is 19.2 Å². The highest BCUT2D eigenvalue weighted by Gasteiger charge is 2.31. The van der Waals surface area contributed by atoms with Crippen molar-refractivity contribution in [2.75, 3.05) is 6.54 Å². The molecule has 0 fully saturated rings. The molecular weight excluding hydrogens is 238 g/mol. The molecule has 1 aromatic rings. The van der Waals surface area contributed by atoms with Gasteiger partial charge in [-0.25, -0.2) is 4.79 Å². The Morgan fingerprint density at radius 2 is 2.22 bits per heavy atom. The molecule has 1 heterocycles. The zero-order chi connectivity index (χ0) is 13.6. The molecule has 18 heavy (non-hydrogen) atoms. The zero-order valence-corrected chi connectivity index (χ0v) is 10.4. The number of carbonyl (C=O) groups excluding carboxylic acids is 1. The molecule has 100 valence electrons. The molecule has 1 aromatic heterocycles. The van der Waals surface area contributed by atoms with E-state index in [9.17, 15) is 9.59 Å². The molecule has 1 atom stereocenters. The van der Waals surface area contributed by atoms with Gasteiger partial charge in [0.1, 0.15) is 12.0 Å². The third kappa shape index (κ3) is 3.76. The van der Waals surface area contributed by atoms with Crippen LogP contribution in [-0.2, 0) is 11.3 Å². The highest BCUT2D eigenvalue weighted by molar-refractivity contribution is 5.77. The summed E-state index contributed by atoms with van der Waals surface area (Å²) in [6.45, 7) is 3.66. The predicted octanol–water partition coefficient (Wildman–Crippen LogP) is 0.975. The lowest BCUT2D eigenvalue weighted by molar-refractivity contribution is -0.147. The van der Waals surface area contributed by atoms with Crippen LogP contribution in [0.4, 0.5) is 4.79 Å². The van der Waals surface area contributed by atoms with Crippen LogP contribution in [0.25, 0.3) is 0 Å². The van der Waals surface area contributed by atoms with E-state index in [1.54, 1.807) is 19.9 Å². The molecule has 0 aliphatic heterocycles. The van der Waals surface area contributed by atoms with Gasteiger partial charge in [0, 0.05) is 12.6 Å². The van der Waals surface area contributed by atoms with E-state index in [1.165, 1.54) is 6.26 Å². The molecule has 0 aliphatic carbocycles. The first-order valence-corrected chi connectivity index (χ1v) is 5.62. The molecule has 2 amide bonds. The smallest absolute Gasteiger partial charge is 0.315 e. The van der Waals surface area contributed by atoms with Gasteiger partial charge in [-0.1, -0.05) is 12.1 Å². The summed E-state index contributed by atoms with van der Waals surface area (Å²) in [6.07, 6.45) is 1.85. The van der Waals surface area contributed by atoms with Gasteiger partial charge in [-0.3, -0.25) is 4.79 Å². The number of urea groups is 1. The number of nitrogens with one attached hydrogen (secondary N) is 2. The second-order valence-corrected chi connectivity index (χ2v) is 4.25. The van der Waals surface area contributed by atoms with Gasteiger partial charge in [-0.05, 0) is 13.3 Å². The first-order chi connectivity index (χ1) is 8.48. The van der Waals surface area contributed by atoms with Crippen LogP contribution in [0, 0.1) is 5.41 Å². The Balaban J connectivity index is 2.34. The molecule has 0 aromatic carbocycles. The van der Waals surface area contributed by atoms with E-state index in [0.717, 1.165) is 0 Å². The van der Waals surface area contributed by atoms with Crippen molar-refractivity contribution in [3.05, 3.63) is 18.0 Å². The number of rotatable bonds is 6. The fraction of sp³-hybridized carbons (Fsp3) is 0.545. The van der Waals surface area contributed by atoms with Crippen molar-refractivity contribution in [2.45, 2.75) is 26.8 Å². The molecule has 0 radical (unpaired) electrons. The van der Waals surface area contributed by atoms with E-state index in [1.807, 2.05) is 0 Å². The van der Waals surface area contributed by atoms with Gasteiger partial charge in [0.05, 0.1) is 12.0 Å². The first kappa shape index (κ1) is 14.0. The normalized spacial score (nSPS) is 13.7. The van der Waals surface area contributed by atoms with Crippen molar-refractivity contribution in [3.63, 3.8) is 0 Å². The molecule has 0 saturated heterocycles. The monoisotopic (exact) mass is 255 g/mol. The lowest BCUT2D eigenvalue weighted by Crippen LogP contribution is -2.44. The Labute approximate surface area is 105 Å². The Morgan fingerprint density at radius 1 is 1.50 bits per heavy atom. The quantitative estimate of drug-likeness (QED) is 0.702. The summed E-state index contributed by atoms with van der Waals surface area (Å²) < 4.78 is 4.61. The molecule has 7 heteroatoms. The molecule has 1 unspecified atom stereocenters. The minimum absolute atomic E-state index is 0.0729. The number of hydrogen-bond acceptors (Lipinski definition) is 4. The van der Waals surface area contributed by atoms with Crippen LogP contribution >= 0.6 is 0 Å². The molecule has 0 bridgehead atoms. The molecule has 7 nitrogen and oxygen atoms in total. The van der Waals surface area contributed by atoms with Crippen molar-refractivity contribution >= 4 is 12.0 Å². The average molecular weight is 255 g/mol. The van der Waals surface area contributed by atoms with Crippen molar-refractivity contribution in [1.82, 2.24) is 15.8 Å². The topological polar surface area (TPSA) is 104 Å². The summed E-state index contributed by atoms with van der Waals surface area (Å²) >= 11 is 0. The molecule has 3 N–H and O–H groups in total. The van der Waals surface area contributed by atoms with Gasteiger partial charge >= 0.3 is 12.0 Å². The number of carboxylic acid groups (broad SMARTS) is 1. The number of amides is 2. The minimum atomic E-state index is -0.953. The van der Waals surface area contributed by atoms with E-state index < -0.39 is 17.4 Å². The number of nitrogens with zero attached hydrogens (tertiary/aromatic N) is 1. The Kier molecular flexibility index (Phi) is 4.70. The molecular formula is C11H17N3O4. The highest BCUT2D eigenvalue weighted by Crippen LogP contribution is 2.19. The SMILES string of the molecule is CCC(C)(CNC(=O)NCc1ccon1)C(=O)O. The molecule has 0 spiro atoms. The molecule has 0 aliphatic rings. The predicted molar refractivity (Wildman–Crippen MR) is 62.8 cm³/mol. The number of aromatic nitrogens is 1. The second kappa shape index (κ2) is 6.04. The van der Waals surface area contributed by atoms with E-state index in [2.05, 4.69) is 20.3 Å². The summed E-state index contributed by atoms with van der Waals surface area (Å²) in [6, 6.07) is 1.20. The summed E-state index contributed by atoms with van der Waals surface area (Å²) in [4.78, 5) is 22.5. The fourth-order valence-corrected chi connectivity index (χ4v) is 1.19. The fourth-order valence-electron chi connectivity index (χ4n) is 1.19. The van der Waals surface area contributed by atoms with Crippen molar-refractivity contribution in [3.8, 4) is 0 Å².